The Morgan fingerprint density at radius 2 is 1.86 bits per heavy atom. The molecule has 0 saturated carbocycles. The maximum absolute atomic E-state index is 11.9. The smallest absolute Gasteiger partial charge is 0.409 e. The van der Waals surface area contributed by atoms with Crippen molar-refractivity contribution in [3.8, 4) is 0 Å². The highest BCUT2D eigenvalue weighted by atomic mass is 16.6. The molecular formula is C23H37N3O2. The molecular weight excluding hydrogens is 350 g/mol. The second-order valence-electron chi connectivity index (χ2n) is 8.27. The van der Waals surface area contributed by atoms with Gasteiger partial charge in [0.1, 0.15) is 0 Å². The third-order valence-corrected chi connectivity index (χ3v) is 6.41. The zero-order valence-corrected chi connectivity index (χ0v) is 17.7. The van der Waals surface area contributed by atoms with Crippen LogP contribution >= 0.6 is 0 Å². The van der Waals surface area contributed by atoms with Crippen LogP contribution in [0.4, 0.5) is 4.79 Å². The molecule has 3 rings (SSSR count). The number of carbonyl (C=O) groups excluding carboxylic acids is 1. The van der Waals surface area contributed by atoms with E-state index in [0.717, 1.165) is 25.9 Å². The van der Waals surface area contributed by atoms with Crippen molar-refractivity contribution in [1.82, 2.24) is 14.7 Å². The van der Waals surface area contributed by atoms with Crippen molar-refractivity contribution in [3.05, 3.63) is 35.9 Å². The zero-order chi connectivity index (χ0) is 19.8. The van der Waals surface area contributed by atoms with E-state index in [1.54, 1.807) is 0 Å². The first kappa shape index (κ1) is 21.1. The highest BCUT2D eigenvalue weighted by molar-refractivity contribution is 5.67. The lowest BCUT2D eigenvalue weighted by Crippen LogP contribution is -2.53. The highest BCUT2D eigenvalue weighted by Gasteiger charge is 2.31. The molecule has 0 bridgehead atoms. The number of rotatable bonds is 7. The Kier molecular flexibility index (Phi) is 8.16. The topological polar surface area (TPSA) is 36.0 Å². The summed E-state index contributed by atoms with van der Waals surface area (Å²) in [5, 5.41) is 0. The third kappa shape index (κ3) is 5.95. The second-order valence-corrected chi connectivity index (χ2v) is 8.27. The predicted octanol–water partition coefficient (Wildman–Crippen LogP) is 3.64. The number of benzene rings is 1. The lowest BCUT2D eigenvalue weighted by atomic mass is 9.97. The number of nitrogens with zero attached hydrogens (tertiary/aromatic N) is 3. The molecule has 28 heavy (non-hydrogen) atoms. The number of carbonyl (C=O) groups is 1. The molecule has 1 aromatic rings. The number of amides is 1. The van der Waals surface area contributed by atoms with E-state index in [9.17, 15) is 4.79 Å². The number of hydrogen-bond acceptors (Lipinski definition) is 4. The van der Waals surface area contributed by atoms with E-state index >= 15 is 0 Å². The van der Waals surface area contributed by atoms with Gasteiger partial charge in [0.25, 0.3) is 0 Å². The Balaban J connectivity index is 1.40. The molecule has 1 amide bonds. The van der Waals surface area contributed by atoms with Crippen LogP contribution in [0.3, 0.4) is 0 Å². The monoisotopic (exact) mass is 387 g/mol. The Labute approximate surface area is 170 Å². The van der Waals surface area contributed by atoms with E-state index in [2.05, 4.69) is 47.2 Å². The molecule has 2 saturated heterocycles. The van der Waals surface area contributed by atoms with Crippen molar-refractivity contribution in [1.29, 1.82) is 0 Å². The van der Waals surface area contributed by atoms with Crippen LogP contribution in [0.15, 0.2) is 30.3 Å². The largest absolute Gasteiger partial charge is 0.450 e. The summed E-state index contributed by atoms with van der Waals surface area (Å²) in [5.74, 6) is 0. The molecule has 0 N–H and O–H groups in total. The number of likely N-dealkylation sites (N-methyl/N-ethyl adjacent to an activating group) is 1. The molecule has 0 spiro atoms. The number of likely N-dealkylation sites (tertiary alicyclic amines) is 2. The molecule has 0 aliphatic carbocycles. The lowest BCUT2D eigenvalue weighted by molar-refractivity contribution is 0.0469. The maximum Gasteiger partial charge on any atom is 0.409 e. The highest BCUT2D eigenvalue weighted by Crippen LogP contribution is 2.23. The summed E-state index contributed by atoms with van der Waals surface area (Å²) in [7, 11) is 2.29. The SMILES string of the molecule is CCOC(=O)N1CCC(N(C)C2CCCN(CCCc3ccccc3)C2)CC1. The van der Waals surface area contributed by atoms with Crippen LogP contribution in [0.25, 0.3) is 0 Å². The van der Waals surface area contributed by atoms with Crippen molar-refractivity contribution in [2.75, 3.05) is 46.4 Å². The fraction of sp³-hybridized carbons (Fsp3) is 0.696. The van der Waals surface area contributed by atoms with Gasteiger partial charge in [-0.05, 0) is 71.1 Å². The molecule has 1 unspecified atom stereocenters. The molecule has 1 atom stereocenters. The average molecular weight is 388 g/mol. The van der Waals surface area contributed by atoms with Crippen LogP contribution < -0.4 is 0 Å². The van der Waals surface area contributed by atoms with Crippen LogP contribution in [0.1, 0.15) is 44.6 Å². The van der Waals surface area contributed by atoms with E-state index in [1.165, 1.54) is 50.9 Å². The normalized spacial score (nSPS) is 21.8. The summed E-state index contributed by atoms with van der Waals surface area (Å²) in [6.07, 6.45) is 6.96. The van der Waals surface area contributed by atoms with Gasteiger partial charge < -0.3 is 14.5 Å². The molecule has 2 aliphatic rings. The number of aryl methyl sites for hydroxylation is 1. The number of ether oxygens (including phenoxy) is 1. The molecule has 5 nitrogen and oxygen atoms in total. The first-order valence-corrected chi connectivity index (χ1v) is 11.1. The quantitative estimate of drug-likeness (QED) is 0.716. The minimum absolute atomic E-state index is 0.147. The molecule has 156 valence electrons. The third-order valence-electron chi connectivity index (χ3n) is 6.41. The van der Waals surface area contributed by atoms with Gasteiger partial charge in [0.2, 0.25) is 0 Å². The Morgan fingerprint density at radius 1 is 1.11 bits per heavy atom. The lowest BCUT2D eigenvalue weighted by Gasteiger charge is -2.43. The van der Waals surface area contributed by atoms with E-state index in [4.69, 9.17) is 4.74 Å². The van der Waals surface area contributed by atoms with Gasteiger partial charge in [0.15, 0.2) is 0 Å². The number of hydrogen-bond donors (Lipinski definition) is 0. The minimum Gasteiger partial charge on any atom is -0.450 e. The van der Waals surface area contributed by atoms with Gasteiger partial charge in [-0.15, -0.1) is 0 Å². The molecule has 1 aromatic carbocycles. The van der Waals surface area contributed by atoms with Crippen LogP contribution in [-0.2, 0) is 11.2 Å². The molecule has 2 fully saturated rings. The maximum atomic E-state index is 11.9. The molecule has 2 aliphatic heterocycles. The fourth-order valence-corrected chi connectivity index (χ4v) is 4.69. The van der Waals surface area contributed by atoms with Crippen molar-refractivity contribution in [3.63, 3.8) is 0 Å². The summed E-state index contributed by atoms with van der Waals surface area (Å²) in [5.41, 5.74) is 1.45. The van der Waals surface area contributed by atoms with Crippen molar-refractivity contribution >= 4 is 6.09 Å². The fourth-order valence-electron chi connectivity index (χ4n) is 4.69. The van der Waals surface area contributed by atoms with Crippen molar-refractivity contribution in [2.45, 2.75) is 57.5 Å². The van der Waals surface area contributed by atoms with Crippen molar-refractivity contribution < 1.29 is 9.53 Å². The van der Waals surface area contributed by atoms with Gasteiger partial charge in [-0.2, -0.15) is 0 Å². The second kappa shape index (κ2) is 10.8. The van der Waals surface area contributed by atoms with Gasteiger partial charge >= 0.3 is 6.09 Å². The Hall–Kier alpha value is -1.59. The molecule has 2 heterocycles. The first-order chi connectivity index (χ1) is 13.7. The van der Waals surface area contributed by atoms with Crippen LogP contribution in [0, 0.1) is 0 Å². The minimum atomic E-state index is -0.147. The summed E-state index contributed by atoms with van der Waals surface area (Å²) >= 11 is 0. The van der Waals surface area contributed by atoms with Gasteiger partial charge in [-0.25, -0.2) is 4.79 Å². The van der Waals surface area contributed by atoms with Crippen LogP contribution in [-0.4, -0.2) is 79.3 Å². The van der Waals surface area contributed by atoms with Crippen LogP contribution in [0.2, 0.25) is 0 Å². The average Bonchev–Trinajstić information content (AvgIpc) is 2.74. The van der Waals surface area contributed by atoms with E-state index in [-0.39, 0.29) is 6.09 Å². The van der Waals surface area contributed by atoms with E-state index in [0.29, 0.717) is 18.7 Å². The predicted molar refractivity (Wildman–Crippen MR) is 114 cm³/mol. The molecule has 5 heteroatoms. The van der Waals surface area contributed by atoms with E-state index in [1.807, 2.05) is 11.8 Å². The van der Waals surface area contributed by atoms with Gasteiger partial charge in [0, 0.05) is 31.7 Å². The van der Waals surface area contributed by atoms with Gasteiger partial charge in [0.05, 0.1) is 6.61 Å². The summed E-state index contributed by atoms with van der Waals surface area (Å²) in [6.45, 7) is 7.58. The van der Waals surface area contributed by atoms with Crippen molar-refractivity contribution in [2.24, 2.45) is 0 Å². The molecule has 0 radical (unpaired) electrons. The van der Waals surface area contributed by atoms with Crippen LogP contribution in [0.5, 0.6) is 0 Å². The summed E-state index contributed by atoms with van der Waals surface area (Å²) in [6, 6.07) is 12.0. The Bertz CT molecular complexity index is 587. The van der Waals surface area contributed by atoms with Gasteiger partial charge in [-0.3, -0.25) is 4.90 Å². The Morgan fingerprint density at radius 3 is 2.57 bits per heavy atom. The molecule has 0 aromatic heterocycles. The van der Waals surface area contributed by atoms with Gasteiger partial charge in [-0.1, -0.05) is 30.3 Å². The zero-order valence-electron chi connectivity index (χ0n) is 17.7. The number of piperidine rings is 2. The first-order valence-electron chi connectivity index (χ1n) is 11.1. The summed E-state index contributed by atoms with van der Waals surface area (Å²) in [4.78, 5) is 19.0. The standard InChI is InChI=1S/C23H37N3O2/c1-3-28-23(27)26-17-13-21(14-18-26)24(2)22-12-8-16-25(19-22)15-7-11-20-9-5-4-6-10-20/h4-6,9-10,21-22H,3,7-8,11-19H2,1-2H3. The van der Waals surface area contributed by atoms with E-state index < -0.39 is 0 Å². The summed E-state index contributed by atoms with van der Waals surface area (Å²) < 4.78 is 5.14.